The Morgan fingerprint density at radius 1 is 0.949 bits per heavy atom. The fourth-order valence-electron chi connectivity index (χ4n) is 3.61. The summed E-state index contributed by atoms with van der Waals surface area (Å²) in [5.41, 5.74) is 2.54. The summed E-state index contributed by atoms with van der Waals surface area (Å²) in [6.07, 6.45) is 1.55. The Hall–Kier alpha value is -3.28. The first kappa shape index (κ1) is 28.7. The van der Waals surface area contributed by atoms with Gasteiger partial charge in [0.2, 0.25) is 0 Å². The smallest absolute Gasteiger partial charge is 0.339 e. The fraction of sp³-hybridized carbons (Fsp3) is 0.214. The fourth-order valence-corrected chi connectivity index (χ4v) is 6.08. The van der Waals surface area contributed by atoms with E-state index in [1.807, 2.05) is 38.1 Å². The molecule has 0 unspecified atom stereocenters. The normalized spacial score (nSPS) is 14.7. The van der Waals surface area contributed by atoms with Crippen molar-refractivity contribution in [3.05, 3.63) is 86.7 Å². The predicted octanol–water partition coefficient (Wildman–Crippen LogP) is 6.35. The van der Waals surface area contributed by atoms with Crippen LogP contribution in [0.25, 0.3) is 6.08 Å². The molecule has 1 fully saturated rings. The maximum absolute atomic E-state index is 13.0. The molecule has 0 N–H and O–H groups in total. The van der Waals surface area contributed by atoms with E-state index < -0.39 is 21.3 Å². The molecule has 0 radical (unpaired) electrons. The quantitative estimate of drug-likeness (QED) is 0.189. The van der Waals surface area contributed by atoms with Crippen molar-refractivity contribution in [3.8, 4) is 17.2 Å². The number of amides is 2. The summed E-state index contributed by atoms with van der Waals surface area (Å²) in [6.45, 7) is 6.09. The number of benzene rings is 3. The van der Waals surface area contributed by atoms with Crippen molar-refractivity contribution in [2.75, 3.05) is 19.8 Å². The van der Waals surface area contributed by atoms with Crippen molar-refractivity contribution in [3.63, 3.8) is 0 Å². The molecule has 0 atom stereocenters. The van der Waals surface area contributed by atoms with Crippen LogP contribution in [0.4, 0.5) is 4.79 Å². The van der Waals surface area contributed by atoms with Crippen LogP contribution in [-0.4, -0.2) is 44.2 Å². The van der Waals surface area contributed by atoms with Crippen molar-refractivity contribution < 1.29 is 31.7 Å². The Morgan fingerprint density at radius 2 is 1.59 bits per heavy atom. The molecule has 2 amide bonds. The van der Waals surface area contributed by atoms with Crippen LogP contribution in [-0.2, 0) is 14.9 Å². The zero-order valence-electron chi connectivity index (χ0n) is 21.5. The van der Waals surface area contributed by atoms with Gasteiger partial charge in [-0.25, -0.2) is 0 Å². The summed E-state index contributed by atoms with van der Waals surface area (Å²) in [5.74, 6) is 0.368. The van der Waals surface area contributed by atoms with Gasteiger partial charge in [0, 0.05) is 0 Å². The van der Waals surface area contributed by atoms with E-state index in [-0.39, 0.29) is 41.1 Å². The van der Waals surface area contributed by atoms with Crippen molar-refractivity contribution in [1.82, 2.24) is 4.90 Å². The van der Waals surface area contributed by atoms with Crippen LogP contribution in [0, 0.1) is 13.8 Å². The predicted molar refractivity (Wildman–Crippen MR) is 154 cm³/mol. The molecule has 1 saturated heterocycles. The van der Waals surface area contributed by atoms with E-state index in [0.717, 1.165) is 27.8 Å². The first-order chi connectivity index (χ1) is 18.6. The number of carbonyl (C=O) groups is 2. The zero-order valence-corrected chi connectivity index (χ0v) is 24.7. The number of hydrogen-bond donors (Lipinski definition) is 0. The molecule has 0 aromatic heterocycles. The Morgan fingerprint density at radius 3 is 2.23 bits per heavy atom. The molecule has 0 bridgehead atoms. The molecule has 204 valence electrons. The summed E-state index contributed by atoms with van der Waals surface area (Å²) < 4.78 is 42.8. The minimum absolute atomic E-state index is 0.00607. The largest absolute Gasteiger partial charge is 0.492 e. The third-order valence-electron chi connectivity index (χ3n) is 5.61. The number of hydrogen-bond acceptors (Lipinski definition) is 8. The minimum atomic E-state index is -4.13. The molecule has 3 aromatic rings. The van der Waals surface area contributed by atoms with E-state index in [1.165, 1.54) is 12.1 Å². The van der Waals surface area contributed by atoms with E-state index in [4.69, 9.17) is 13.7 Å². The Bertz CT molecular complexity index is 1520. The highest BCUT2D eigenvalue weighted by Gasteiger charge is 2.35. The Labute approximate surface area is 240 Å². The highest BCUT2D eigenvalue weighted by atomic mass is 79.9. The summed E-state index contributed by atoms with van der Waals surface area (Å²) >= 11 is 4.19. The van der Waals surface area contributed by atoms with Crippen LogP contribution in [0.15, 0.2) is 74.9 Å². The van der Waals surface area contributed by atoms with Gasteiger partial charge in [0.1, 0.15) is 17.3 Å². The van der Waals surface area contributed by atoms with Crippen LogP contribution in [0.1, 0.15) is 23.6 Å². The zero-order chi connectivity index (χ0) is 28.2. The van der Waals surface area contributed by atoms with E-state index in [2.05, 4.69) is 15.9 Å². The minimum Gasteiger partial charge on any atom is -0.492 e. The summed E-state index contributed by atoms with van der Waals surface area (Å²) in [6, 6.07) is 16.9. The summed E-state index contributed by atoms with van der Waals surface area (Å²) in [4.78, 5) is 26.8. The van der Waals surface area contributed by atoms with E-state index in [0.29, 0.717) is 15.8 Å². The highest BCUT2D eigenvalue weighted by molar-refractivity contribution is 9.10. The molecule has 0 spiro atoms. The number of thioether (sulfide) groups is 1. The standard InChI is InChI=1S/C28H26BrNO7S2/c1-4-35-24-16-20(15-23(29)26(24)37-39(33,34)22-11-7-19(3)8-12-22)17-25-27(31)30(28(32)38-25)13-14-36-21-9-5-18(2)6-10-21/h5-12,15-17H,4,13-14H2,1-3H3/b25-17-. The van der Waals surface area contributed by atoms with Gasteiger partial charge in [-0.15, -0.1) is 0 Å². The molecular weight excluding hydrogens is 606 g/mol. The maximum atomic E-state index is 13.0. The Kier molecular flexibility index (Phi) is 9.04. The van der Waals surface area contributed by atoms with Gasteiger partial charge in [0.05, 0.1) is 22.5 Å². The second-order valence-corrected chi connectivity index (χ2v) is 12.0. The number of ether oxygens (including phenoxy) is 2. The van der Waals surface area contributed by atoms with Gasteiger partial charge in [-0.05, 0) is 96.5 Å². The molecule has 3 aromatic carbocycles. The first-order valence-electron chi connectivity index (χ1n) is 12.0. The monoisotopic (exact) mass is 631 g/mol. The topological polar surface area (TPSA) is 99.2 Å². The van der Waals surface area contributed by atoms with Gasteiger partial charge in [0.15, 0.2) is 11.5 Å². The van der Waals surface area contributed by atoms with E-state index in [9.17, 15) is 18.0 Å². The molecular formula is C28H26BrNO7S2. The highest BCUT2D eigenvalue weighted by Crippen LogP contribution is 2.40. The molecule has 1 aliphatic heterocycles. The second kappa shape index (κ2) is 12.3. The maximum Gasteiger partial charge on any atom is 0.339 e. The lowest BCUT2D eigenvalue weighted by atomic mass is 10.2. The van der Waals surface area contributed by atoms with Gasteiger partial charge in [-0.1, -0.05) is 35.4 Å². The second-order valence-electron chi connectivity index (χ2n) is 8.61. The van der Waals surface area contributed by atoms with Crippen LogP contribution >= 0.6 is 27.7 Å². The van der Waals surface area contributed by atoms with Gasteiger partial charge >= 0.3 is 10.1 Å². The Balaban J connectivity index is 1.52. The lowest BCUT2D eigenvalue weighted by Crippen LogP contribution is -2.32. The average molecular weight is 633 g/mol. The van der Waals surface area contributed by atoms with Gasteiger partial charge < -0.3 is 13.7 Å². The van der Waals surface area contributed by atoms with Gasteiger partial charge in [0.25, 0.3) is 11.1 Å². The van der Waals surface area contributed by atoms with Crippen molar-refractivity contribution in [1.29, 1.82) is 0 Å². The van der Waals surface area contributed by atoms with Crippen molar-refractivity contribution in [2.45, 2.75) is 25.7 Å². The number of aryl methyl sites for hydroxylation is 2. The third kappa shape index (κ3) is 7.03. The van der Waals surface area contributed by atoms with Gasteiger partial charge in [-0.3, -0.25) is 14.5 Å². The van der Waals surface area contributed by atoms with Crippen molar-refractivity contribution >= 4 is 55.0 Å². The van der Waals surface area contributed by atoms with E-state index in [1.54, 1.807) is 37.3 Å². The van der Waals surface area contributed by atoms with Crippen LogP contribution in [0.5, 0.6) is 17.2 Å². The number of nitrogens with zero attached hydrogens (tertiary/aromatic N) is 1. The first-order valence-corrected chi connectivity index (χ1v) is 15.0. The third-order valence-corrected chi connectivity index (χ3v) is 8.34. The van der Waals surface area contributed by atoms with Gasteiger partial charge in [-0.2, -0.15) is 8.42 Å². The summed E-state index contributed by atoms with van der Waals surface area (Å²) in [5, 5.41) is -0.396. The number of halogens is 1. The number of imide groups is 1. The molecule has 0 aliphatic carbocycles. The number of carbonyl (C=O) groups excluding carboxylic acids is 2. The lowest BCUT2D eigenvalue weighted by molar-refractivity contribution is -0.123. The SMILES string of the molecule is CCOc1cc(/C=C2\SC(=O)N(CCOc3ccc(C)cc3)C2=O)cc(Br)c1OS(=O)(=O)c1ccc(C)cc1. The number of rotatable bonds is 10. The van der Waals surface area contributed by atoms with E-state index >= 15 is 0 Å². The molecule has 1 aliphatic rings. The molecule has 1 heterocycles. The van der Waals surface area contributed by atoms with Crippen molar-refractivity contribution in [2.24, 2.45) is 0 Å². The van der Waals surface area contributed by atoms with Crippen LogP contribution in [0.3, 0.4) is 0 Å². The summed E-state index contributed by atoms with van der Waals surface area (Å²) in [7, 11) is -4.13. The van der Waals surface area contributed by atoms with Crippen LogP contribution < -0.4 is 13.7 Å². The molecule has 8 nitrogen and oxygen atoms in total. The lowest BCUT2D eigenvalue weighted by Gasteiger charge is -2.15. The van der Waals surface area contributed by atoms with Crippen LogP contribution in [0.2, 0.25) is 0 Å². The molecule has 39 heavy (non-hydrogen) atoms. The molecule has 0 saturated carbocycles. The molecule has 11 heteroatoms. The average Bonchev–Trinajstić information content (AvgIpc) is 3.15. The molecule has 4 rings (SSSR count).